The molecule has 0 bridgehead atoms. The van der Waals surface area contributed by atoms with Crippen molar-refractivity contribution in [2.75, 3.05) is 6.26 Å². The van der Waals surface area contributed by atoms with E-state index in [-0.39, 0.29) is 0 Å². The lowest BCUT2D eigenvalue weighted by Crippen LogP contribution is -2.58. The minimum Gasteiger partial charge on any atom is -0.319 e. The number of aliphatic imine (C=N–C) groups is 2. The molecular formula is C12H13Cl4N3O4S. The van der Waals surface area contributed by atoms with E-state index in [1.54, 1.807) is 0 Å². The summed E-state index contributed by atoms with van der Waals surface area (Å²) in [7, 11) is -4.69. The molecule has 0 amide bonds. The lowest BCUT2D eigenvalue weighted by atomic mass is 10.1. The molecule has 1 aromatic carbocycles. The minimum absolute atomic E-state index is 0.663. The van der Waals surface area contributed by atoms with Crippen LogP contribution in [-0.2, 0) is 0 Å². The van der Waals surface area contributed by atoms with Crippen molar-refractivity contribution in [3.63, 3.8) is 0 Å². The van der Waals surface area contributed by atoms with Gasteiger partial charge < -0.3 is 5.32 Å². The number of amidine groups is 2. The number of aryl methyl sites for hydroxylation is 1. The van der Waals surface area contributed by atoms with Gasteiger partial charge in [-0.2, -0.15) is 14.0 Å². The number of thioether (sulfide) groups is 1. The van der Waals surface area contributed by atoms with Crippen LogP contribution in [0.25, 0.3) is 0 Å². The standard InChI is InChI=1S/C12H12Cl3N3S.ClHO4/c1-7-3-5-8(6-4-7)9-16-10(12(13,14)15)18-11(17-9)19-2;2-1(3,4)5/h3-6,10H,1-2H3,(H,16,17,18);(H,2,3,4,5). The third-order valence-corrected chi connectivity index (χ3v) is 3.71. The summed E-state index contributed by atoms with van der Waals surface area (Å²) in [5.74, 6) is 0.663. The van der Waals surface area contributed by atoms with Gasteiger partial charge in [-0.25, -0.2) is 9.98 Å². The monoisotopic (exact) mass is 435 g/mol. The molecule has 0 aromatic heterocycles. The maximum absolute atomic E-state index is 8.60. The lowest BCUT2D eigenvalue weighted by molar-refractivity contribution is -1.92. The van der Waals surface area contributed by atoms with Crippen molar-refractivity contribution in [2.45, 2.75) is 16.9 Å². The van der Waals surface area contributed by atoms with E-state index in [0.717, 1.165) is 5.56 Å². The van der Waals surface area contributed by atoms with E-state index in [9.17, 15) is 0 Å². The first-order valence-corrected chi connectivity index (χ1v) is 9.76. The highest BCUT2D eigenvalue weighted by atomic mass is 35.7. The molecule has 1 heterocycles. The van der Waals surface area contributed by atoms with Crippen molar-refractivity contribution in [1.82, 2.24) is 5.32 Å². The summed E-state index contributed by atoms with van der Waals surface area (Å²) in [6.07, 6.45) is 1.16. The van der Waals surface area contributed by atoms with Crippen molar-refractivity contribution >= 4 is 57.6 Å². The Morgan fingerprint density at radius 1 is 1.17 bits per heavy atom. The fourth-order valence-corrected chi connectivity index (χ4v) is 2.23. The first kappa shape index (κ1) is 21.8. The smallest absolute Gasteiger partial charge is 0.232 e. The van der Waals surface area contributed by atoms with Gasteiger partial charge in [-0.3, -0.25) is 0 Å². The zero-order chi connectivity index (χ0) is 18.5. The molecule has 1 aromatic rings. The van der Waals surface area contributed by atoms with E-state index in [4.69, 9.17) is 53.4 Å². The molecular weight excluding hydrogens is 424 g/mol. The molecule has 0 saturated heterocycles. The zero-order valence-electron chi connectivity index (χ0n) is 12.4. The van der Waals surface area contributed by atoms with Gasteiger partial charge in [-0.15, -0.1) is 0 Å². The topological polar surface area (TPSA) is 126 Å². The summed E-state index contributed by atoms with van der Waals surface area (Å²) in [5, 5.41) is 3.81. The van der Waals surface area contributed by atoms with Crippen molar-refractivity contribution in [2.24, 2.45) is 9.98 Å². The molecule has 24 heavy (non-hydrogen) atoms. The van der Waals surface area contributed by atoms with E-state index in [0.29, 0.717) is 11.0 Å². The predicted molar refractivity (Wildman–Crippen MR) is 88.1 cm³/mol. The van der Waals surface area contributed by atoms with E-state index in [1.165, 1.54) is 17.3 Å². The normalized spacial score (nSPS) is 18.0. The maximum Gasteiger partial charge on any atom is 0.232 e. The number of halogens is 4. The van der Waals surface area contributed by atoms with E-state index in [2.05, 4.69) is 15.3 Å². The fourth-order valence-electron chi connectivity index (χ4n) is 1.54. The van der Waals surface area contributed by atoms with Gasteiger partial charge in [0.25, 0.3) is 0 Å². The predicted octanol–water partition coefficient (Wildman–Crippen LogP) is -0.364. The third kappa shape index (κ3) is 8.19. The first-order valence-electron chi connectivity index (χ1n) is 6.13. The Morgan fingerprint density at radius 2 is 1.67 bits per heavy atom. The Hall–Kier alpha value is -0.290. The second-order valence-corrected chi connectivity index (χ2v) is 8.37. The van der Waals surface area contributed by atoms with Gasteiger partial charge >= 0.3 is 0 Å². The van der Waals surface area contributed by atoms with Crippen LogP contribution in [0.2, 0.25) is 0 Å². The van der Waals surface area contributed by atoms with Gasteiger partial charge in [0.05, 0.1) is 14.9 Å². The number of hydrogen-bond donors (Lipinski definition) is 2. The average molecular weight is 437 g/mol. The van der Waals surface area contributed by atoms with Gasteiger partial charge in [0.15, 0.2) is 11.3 Å². The van der Waals surface area contributed by atoms with Crippen LogP contribution in [0.5, 0.6) is 0 Å². The van der Waals surface area contributed by atoms with Crippen molar-refractivity contribution in [3.8, 4) is 0 Å². The van der Waals surface area contributed by atoms with E-state index in [1.807, 2.05) is 37.4 Å². The van der Waals surface area contributed by atoms with Crippen molar-refractivity contribution < 1.29 is 28.9 Å². The average Bonchev–Trinajstić information content (AvgIpc) is 2.45. The molecule has 1 aliphatic heterocycles. The van der Waals surface area contributed by atoms with Crippen molar-refractivity contribution in [3.05, 3.63) is 35.4 Å². The quantitative estimate of drug-likeness (QED) is 0.578. The SMILES string of the molecule is CSC1=NC(C(Cl)(Cl)Cl)N=C(c2ccc(C)cc2)N1.[O-][Cl+3]([O-])([O-])O. The van der Waals surface area contributed by atoms with Gasteiger partial charge in [0.2, 0.25) is 3.79 Å². The molecule has 134 valence electrons. The van der Waals surface area contributed by atoms with Crippen LogP contribution in [0.4, 0.5) is 0 Å². The molecule has 0 radical (unpaired) electrons. The van der Waals surface area contributed by atoms with Crippen LogP contribution >= 0.6 is 46.6 Å². The molecule has 0 fully saturated rings. The Kier molecular flexibility index (Phi) is 8.05. The Bertz CT molecular complexity index is 608. The summed E-state index contributed by atoms with van der Waals surface area (Å²) in [4.78, 5) is 8.61. The molecule has 2 N–H and O–H groups in total. The highest BCUT2D eigenvalue weighted by molar-refractivity contribution is 8.13. The number of hydrogen-bond acceptors (Lipinski definition) is 8. The van der Waals surface area contributed by atoms with Gasteiger partial charge in [-0.1, -0.05) is 76.4 Å². The number of benzene rings is 1. The molecule has 1 atom stereocenters. The summed E-state index contributed by atoms with van der Waals surface area (Å²) in [5.41, 5.74) is 2.11. The highest BCUT2D eigenvalue weighted by Gasteiger charge is 2.35. The first-order chi connectivity index (χ1) is 10.9. The second kappa shape index (κ2) is 8.88. The van der Waals surface area contributed by atoms with E-state index < -0.39 is 20.2 Å². The Morgan fingerprint density at radius 3 is 2.08 bits per heavy atom. The summed E-state index contributed by atoms with van der Waals surface area (Å²) >= 11 is 19.1. The van der Waals surface area contributed by atoms with E-state index >= 15 is 0 Å². The summed E-state index contributed by atoms with van der Waals surface area (Å²) in [6.45, 7) is 2.03. The molecule has 1 unspecified atom stereocenters. The molecule has 0 saturated carbocycles. The van der Waals surface area contributed by atoms with Gasteiger partial charge in [0.1, 0.15) is 5.84 Å². The highest BCUT2D eigenvalue weighted by Crippen LogP contribution is 2.34. The van der Waals surface area contributed by atoms with Crippen LogP contribution in [0, 0.1) is 17.2 Å². The largest absolute Gasteiger partial charge is 0.319 e. The number of rotatable bonds is 1. The maximum atomic E-state index is 8.60. The third-order valence-electron chi connectivity index (χ3n) is 2.53. The second-order valence-electron chi connectivity index (χ2n) is 4.42. The Labute approximate surface area is 160 Å². The molecule has 0 aliphatic carbocycles. The molecule has 1 aliphatic rings. The van der Waals surface area contributed by atoms with Crippen LogP contribution in [0.15, 0.2) is 34.3 Å². The summed E-state index contributed by atoms with van der Waals surface area (Å²) < 4.78 is 31.2. The molecule has 0 spiro atoms. The number of alkyl halides is 3. The molecule has 7 nitrogen and oxygen atoms in total. The van der Waals surface area contributed by atoms with Gasteiger partial charge in [0, 0.05) is 5.56 Å². The van der Waals surface area contributed by atoms with Crippen molar-refractivity contribution in [1.29, 1.82) is 0 Å². The summed E-state index contributed by atoms with van der Waals surface area (Å²) in [6, 6.07) is 7.96. The fraction of sp³-hybridized carbons (Fsp3) is 0.333. The van der Waals surface area contributed by atoms with Gasteiger partial charge in [-0.05, 0) is 13.2 Å². The Balaban J connectivity index is 0.000000505. The minimum atomic E-state index is -4.69. The van der Waals surface area contributed by atoms with Crippen LogP contribution in [0.3, 0.4) is 0 Å². The van der Waals surface area contributed by atoms with Crippen LogP contribution < -0.4 is 19.3 Å². The molecule has 2 rings (SSSR count). The number of nitrogens with one attached hydrogen (secondary N) is 1. The number of nitrogens with zero attached hydrogens (tertiary/aromatic N) is 2. The van der Waals surface area contributed by atoms with Crippen LogP contribution in [-0.4, -0.2) is 31.9 Å². The zero-order valence-corrected chi connectivity index (χ0v) is 16.2. The molecule has 12 heteroatoms. The lowest BCUT2D eigenvalue weighted by Gasteiger charge is -2.24. The van der Waals surface area contributed by atoms with Crippen LogP contribution in [0.1, 0.15) is 11.1 Å².